The predicted octanol–water partition coefficient (Wildman–Crippen LogP) is 0.455. The van der Waals surface area contributed by atoms with Gasteiger partial charge in [0.2, 0.25) is 0 Å². The van der Waals surface area contributed by atoms with Crippen LogP contribution in [0.1, 0.15) is 23.6 Å². The zero-order valence-electron chi connectivity index (χ0n) is 20.9. The van der Waals surface area contributed by atoms with Crippen LogP contribution < -0.4 is 38.8 Å². The molecule has 0 bridgehead atoms. The van der Waals surface area contributed by atoms with E-state index < -0.39 is 16.1 Å². The SMILES string of the molecule is CCO/N=C(\Cn1cc(CC(=O)[O-])c2ccccc21)c1cccc(OS(=O)(=O)c2ccc(C)cc2)c1.[Na+]. The molecule has 8 nitrogen and oxygen atoms in total. The van der Waals surface area contributed by atoms with Gasteiger partial charge in [0.15, 0.2) is 0 Å². The minimum atomic E-state index is -4.02. The molecule has 4 aromatic rings. The minimum Gasteiger partial charge on any atom is -0.550 e. The number of carbonyl (C=O) groups is 1. The Hall–Kier alpha value is -3.11. The van der Waals surface area contributed by atoms with E-state index in [-0.39, 0.29) is 53.2 Å². The summed E-state index contributed by atoms with van der Waals surface area (Å²) < 4.78 is 32.8. The molecule has 37 heavy (non-hydrogen) atoms. The number of aliphatic carboxylic acids is 1. The second kappa shape index (κ2) is 12.4. The fourth-order valence-corrected chi connectivity index (χ4v) is 4.76. The fraction of sp³-hybridized carbons (Fsp3) is 0.185. The number of hydrogen-bond donors (Lipinski definition) is 0. The van der Waals surface area contributed by atoms with Crippen LogP contribution in [-0.2, 0) is 32.7 Å². The first-order valence-electron chi connectivity index (χ1n) is 11.3. The first-order chi connectivity index (χ1) is 17.3. The molecule has 10 heteroatoms. The fourth-order valence-electron chi connectivity index (χ4n) is 3.83. The summed E-state index contributed by atoms with van der Waals surface area (Å²) in [5, 5.41) is 16.3. The second-order valence-electron chi connectivity index (χ2n) is 8.18. The molecule has 0 N–H and O–H groups in total. The number of benzene rings is 3. The van der Waals surface area contributed by atoms with Crippen molar-refractivity contribution in [2.24, 2.45) is 5.16 Å². The number of aromatic nitrogens is 1. The maximum Gasteiger partial charge on any atom is 1.00 e. The van der Waals surface area contributed by atoms with Crippen molar-refractivity contribution in [3.05, 3.63) is 95.7 Å². The quantitative estimate of drug-likeness (QED) is 0.128. The van der Waals surface area contributed by atoms with Gasteiger partial charge in [-0.3, -0.25) is 0 Å². The Balaban J connectivity index is 0.00000380. The third kappa shape index (κ3) is 7.01. The van der Waals surface area contributed by atoms with E-state index in [1.165, 1.54) is 12.1 Å². The van der Waals surface area contributed by atoms with Crippen molar-refractivity contribution in [2.75, 3.05) is 6.61 Å². The van der Waals surface area contributed by atoms with E-state index in [1.54, 1.807) is 49.5 Å². The van der Waals surface area contributed by atoms with E-state index in [2.05, 4.69) is 5.16 Å². The van der Waals surface area contributed by atoms with Crippen LogP contribution in [0.15, 0.2) is 89.0 Å². The summed E-state index contributed by atoms with van der Waals surface area (Å²) in [5.41, 5.74) is 3.50. The molecular formula is C27H25N2NaO6S. The van der Waals surface area contributed by atoms with Crippen LogP contribution in [0.2, 0.25) is 0 Å². The molecule has 3 aromatic carbocycles. The average molecular weight is 529 g/mol. The number of carboxylic acids is 1. The van der Waals surface area contributed by atoms with Crippen LogP contribution >= 0.6 is 0 Å². The zero-order valence-corrected chi connectivity index (χ0v) is 23.7. The molecule has 0 radical (unpaired) electrons. The van der Waals surface area contributed by atoms with Crippen LogP contribution in [0.5, 0.6) is 5.75 Å². The van der Waals surface area contributed by atoms with E-state index in [4.69, 9.17) is 9.02 Å². The van der Waals surface area contributed by atoms with Gasteiger partial charge in [-0.05, 0) is 49.7 Å². The molecule has 0 fully saturated rings. The average Bonchev–Trinajstić information content (AvgIpc) is 3.18. The molecule has 0 unspecified atom stereocenters. The van der Waals surface area contributed by atoms with Gasteiger partial charge < -0.3 is 23.5 Å². The molecule has 0 saturated carbocycles. The number of carboxylic acid groups (broad SMARTS) is 1. The molecule has 1 aromatic heterocycles. The van der Waals surface area contributed by atoms with Gasteiger partial charge in [-0.1, -0.05) is 53.2 Å². The Bertz CT molecular complexity index is 1530. The minimum absolute atomic E-state index is 0. The zero-order chi connectivity index (χ0) is 25.7. The Morgan fingerprint density at radius 3 is 2.46 bits per heavy atom. The number of fused-ring (bicyclic) bond motifs is 1. The monoisotopic (exact) mass is 528 g/mol. The molecule has 0 aliphatic rings. The van der Waals surface area contributed by atoms with Gasteiger partial charge in [-0.15, -0.1) is 0 Å². The first-order valence-corrected chi connectivity index (χ1v) is 12.7. The number of oxime groups is 1. The topological polar surface area (TPSA) is 110 Å². The molecule has 0 amide bonds. The molecule has 186 valence electrons. The summed E-state index contributed by atoms with van der Waals surface area (Å²) in [4.78, 5) is 16.6. The summed E-state index contributed by atoms with van der Waals surface area (Å²) in [6.07, 6.45) is 1.54. The van der Waals surface area contributed by atoms with Crippen LogP contribution in [0.25, 0.3) is 10.9 Å². The van der Waals surface area contributed by atoms with Crippen LogP contribution in [0.3, 0.4) is 0 Å². The molecule has 1 heterocycles. The van der Waals surface area contributed by atoms with Crippen molar-refractivity contribution in [3.8, 4) is 5.75 Å². The van der Waals surface area contributed by atoms with E-state index in [0.29, 0.717) is 23.4 Å². The van der Waals surface area contributed by atoms with E-state index in [0.717, 1.165) is 16.5 Å². The summed E-state index contributed by atoms with van der Waals surface area (Å²) in [6.45, 7) is 4.26. The standard InChI is InChI=1S/C27H26N2O6S.Na/c1-3-34-28-25(18-29-17-21(16-27(30)31)24-9-4-5-10-26(24)29)20-7-6-8-22(15-20)35-36(32,33)23-13-11-19(2)12-14-23;/h4-15,17H,3,16,18H2,1-2H3,(H,30,31);/q;+1/p-1/b28-25+;. The van der Waals surface area contributed by atoms with Crippen molar-refractivity contribution >= 4 is 32.7 Å². The maximum atomic E-state index is 12.8. The second-order valence-corrected chi connectivity index (χ2v) is 9.73. The molecule has 0 saturated heterocycles. The summed E-state index contributed by atoms with van der Waals surface area (Å²) in [7, 11) is -4.02. The Kier molecular flexibility index (Phi) is 9.56. The van der Waals surface area contributed by atoms with Crippen molar-refractivity contribution < 1.29 is 56.9 Å². The third-order valence-corrected chi connectivity index (χ3v) is 6.77. The molecule has 0 atom stereocenters. The molecular weight excluding hydrogens is 503 g/mol. The summed E-state index contributed by atoms with van der Waals surface area (Å²) in [5.74, 6) is -1.03. The molecule has 0 aliphatic heterocycles. The number of aryl methyl sites for hydroxylation is 1. The van der Waals surface area contributed by atoms with Gasteiger partial charge in [0.25, 0.3) is 0 Å². The normalized spacial score (nSPS) is 11.7. The third-order valence-electron chi connectivity index (χ3n) is 5.51. The van der Waals surface area contributed by atoms with Crippen molar-refractivity contribution in [2.45, 2.75) is 31.7 Å². The van der Waals surface area contributed by atoms with Crippen LogP contribution in [-0.4, -0.2) is 31.3 Å². The van der Waals surface area contributed by atoms with Crippen molar-refractivity contribution in [1.82, 2.24) is 4.57 Å². The smallest absolute Gasteiger partial charge is 0.550 e. The van der Waals surface area contributed by atoms with Crippen LogP contribution in [0.4, 0.5) is 0 Å². The van der Waals surface area contributed by atoms with Gasteiger partial charge in [0.1, 0.15) is 23.0 Å². The predicted molar refractivity (Wildman–Crippen MR) is 134 cm³/mol. The van der Waals surface area contributed by atoms with Gasteiger partial charge in [0, 0.05) is 35.1 Å². The number of carbonyl (C=O) groups excluding carboxylic acids is 1. The number of para-hydroxylation sites is 1. The largest absolute Gasteiger partial charge is 1.00 e. The van der Waals surface area contributed by atoms with Gasteiger partial charge in [-0.2, -0.15) is 8.42 Å². The van der Waals surface area contributed by atoms with Crippen molar-refractivity contribution in [3.63, 3.8) is 0 Å². The van der Waals surface area contributed by atoms with Crippen LogP contribution in [0, 0.1) is 6.92 Å². The maximum absolute atomic E-state index is 12.8. The van der Waals surface area contributed by atoms with E-state index in [9.17, 15) is 18.3 Å². The Morgan fingerprint density at radius 1 is 1.03 bits per heavy atom. The van der Waals surface area contributed by atoms with Gasteiger partial charge in [-0.25, -0.2) is 0 Å². The van der Waals surface area contributed by atoms with E-state index in [1.807, 2.05) is 35.8 Å². The number of nitrogens with zero attached hydrogens (tertiary/aromatic N) is 2. The summed E-state index contributed by atoms with van der Waals surface area (Å²) in [6, 6.07) is 20.4. The molecule has 0 aliphatic carbocycles. The van der Waals surface area contributed by atoms with E-state index >= 15 is 0 Å². The summed E-state index contributed by atoms with van der Waals surface area (Å²) >= 11 is 0. The number of rotatable bonds is 10. The Morgan fingerprint density at radius 2 is 1.76 bits per heavy atom. The first kappa shape index (κ1) is 28.5. The van der Waals surface area contributed by atoms with Crippen molar-refractivity contribution in [1.29, 1.82) is 0 Å². The van der Waals surface area contributed by atoms with Gasteiger partial charge >= 0.3 is 39.7 Å². The Labute approximate surface area is 237 Å². The number of hydrogen-bond acceptors (Lipinski definition) is 7. The molecule has 4 rings (SSSR count). The molecule has 0 spiro atoms. The van der Waals surface area contributed by atoms with Gasteiger partial charge in [0.05, 0.1) is 6.54 Å².